The molecule has 0 aliphatic carbocycles. The van der Waals surface area contributed by atoms with E-state index in [0.29, 0.717) is 43.7 Å². The number of carbonyl (C=O) groups is 2. The van der Waals surface area contributed by atoms with Crippen molar-refractivity contribution in [1.82, 2.24) is 20.2 Å². The zero-order valence-corrected chi connectivity index (χ0v) is 16.2. The Hall–Kier alpha value is -2.17. The number of morpholine rings is 1. The normalized spacial score (nSPS) is 14.1. The smallest absolute Gasteiger partial charge is 0.251 e. The van der Waals surface area contributed by atoms with E-state index in [0.717, 1.165) is 16.6 Å². The van der Waals surface area contributed by atoms with Gasteiger partial charge in [0, 0.05) is 24.0 Å². The number of aromatic nitrogens is 2. The van der Waals surface area contributed by atoms with E-state index in [2.05, 4.69) is 15.3 Å². The molecule has 3 heterocycles. The van der Waals surface area contributed by atoms with Crippen LogP contribution in [0, 0.1) is 0 Å². The largest absolute Gasteiger partial charge is 0.378 e. The lowest BCUT2D eigenvalue weighted by Gasteiger charge is -2.26. The summed E-state index contributed by atoms with van der Waals surface area (Å²) in [4.78, 5) is 45.8. The molecule has 0 bridgehead atoms. The maximum absolute atomic E-state index is 12.2. The van der Waals surface area contributed by atoms with Gasteiger partial charge in [0.15, 0.2) is 5.16 Å². The second-order valence-corrected chi connectivity index (χ2v) is 7.85. The van der Waals surface area contributed by atoms with Crippen molar-refractivity contribution in [2.45, 2.75) is 18.1 Å². The van der Waals surface area contributed by atoms with Crippen LogP contribution in [0.1, 0.15) is 10.6 Å². The molecule has 8 nitrogen and oxygen atoms in total. The molecule has 0 spiro atoms. The fraction of sp³-hybridized carbons (Fsp3) is 0.412. The Kier molecular flexibility index (Phi) is 7.02. The maximum Gasteiger partial charge on any atom is 0.251 e. The average molecular weight is 409 g/mol. The number of hydrogen-bond acceptors (Lipinski definition) is 7. The summed E-state index contributed by atoms with van der Waals surface area (Å²) >= 11 is 2.72. The molecule has 10 heteroatoms. The Morgan fingerprint density at radius 2 is 2.19 bits per heavy atom. The summed E-state index contributed by atoms with van der Waals surface area (Å²) < 4.78 is 5.23. The van der Waals surface area contributed by atoms with E-state index in [-0.39, 0.29) is 29.5 Å². The second kappa shape index (κ2) is 9.67. The van der Waals surface area contributed by atoms with Crippen molar-refractivity contribution in [2.75, 3.05) is 32.1 Å². The van der Waals surface area contributed by atoms with Gasteiger partial charge < -0.3 is 19.9 Å². The van der Waals surface area contributed by atoms with Crippen LogP contribution in [-0.2, 0) is 27.3 Å². The topological polar surface area (TPSA) is 104 Å². The molecule has 1 aliphatic rings. The quantitative estimate of drug-likeness (QED) is 0.515. The zero-order chi connectivity index (χ0) is 19.1. The van der Waals surface area contributed by atoms with Crippen LogP contribution in [0.3, 0.4) is 0 Å². The molecular weight excluding hydrogens is 388 g/mol. The first-order chi connectivity index (χ1) is 13.1. The maximum atomic E-state index is 12.2. The molecule has 0 aromatic carbocycles. The van der Waals surface area contributed by atoms with Crippen molar-refractivity contribution < 1.29 is 14.3 Å². The Morgan fingerprint density at radius 1 is 1.37 bits per heavy atom. The minimum Gasteiger partial charge on any atom is -0.378 e. The number of nitrogens with zero attached hydrogens (tertiary/aromatic N) is 2. The van der Waals surface area contributed by atoms with Crippen LogP contribution in [-0.4, -0.2) is 58.7 Å². The summed E-state index contributed by atoms with van der Waals surface area (Å²) in [6, 6.07) is 5.17. The average Bonchev–Trinajstić information content (AvgIpc) is 3.18. The second-order valence-electron chi connectivity index (χ2n) is 5.86. The summed E-state index contributed by atoms with van der Waals surface area (Å²) in [5.74, 6) is -0.0522. The van der Waals surface area contributed by atoms with Crippen LogP contribution in [0.25, 0.3) is 0 Å². The summed E-state index contributed by atoms with van der Waals surface area (Å²) in [6.07, 6.45) is 0.0142. The summed E-state index contributed by atoms with van der Waals surface area (Å²) in [5, 5.41) is 5.09. The fourth-order valence-corrected chi connectivity index (χ4v) is 3.94. The highest BCUT2D eigenvalue weighted by molar-refractivity contribution is 7.99. The number of nitrogens with one attached hydrogen (secondary N) is 2. The highest BCUT2D eigenvalue weighted by Gasteiger charge is 2.17. The van der Waals surface area contributed by atoms with Gasteiger partial charge in [0.25, 0.3) is 5.56 Å². The first kappa shape index (κ1) is 19.6. The van der Waals surface area contributed by atoms with Crippen molar-refractivity contribution in [2.24, 2.45) is 0 Å². The van der Waals surface area contributed by atoms with Crippen LogP contribution in [0.4, 0.5) is 0 Å². The molecule has 1 aliphatic heterocycles. The molecule has 27 heavy (non-hydrogen) atoms. The van der Waals surface area contributed by atoms with Gasteiger partial charge in [-0.2, -0.15) is 0 Å². The predicted octanol–water partition coefficient (Wildman–Crippen LogP) is 0.641. The molecule has 2 aromatic rings. The predicted molar refractivity (Wildman–Crippen MR) is 103 cm³/mol. The molecule has 0 unspecified atom stereocenters. The van der Waals surface area contributed by atoms with Gasteiger partial charge in [0.1, 0.15) is 0 Å². The van der Waals surface area contributed by atoms with E-state index >= 15 is 0 Å². The third kappa shape index (κ3) is 6.19. The number of thiophene rings is 1. The molecular formula is C17H20N4O4S2. The minimum absolute atomic E-state index is 0.0142. The lowest BCUT2D eigenvalue weighted by atomic mass is 10.3. The van der Waals surface area contributed by atoms with Crippen LogP contribution >= 0.6 is 23.1 Å². The molecule has 2 aromatic heterocycles. The van der Waals surface area contributed by atoms with E-state index in [1.807, 2.05) is 17.5 Å². The molecule has 2 N–H and O–H groups in total. The zero-order valence-electron chi connectivity index (χ0n) is 14.6. The first-order valence-electron chi connectivity index (χ1n) is 8.48. The molecule has 144 valence electrons. The third-order valence-electron chi connectivity index (χ3n) is 3.85. The number of rotatable bonds is 7. The van der Waals surface area contributed by atoms with Gasteiger partial charge in [0.05, 0.1) is 37.6 Å². The summed E-state index contributed by atoms with van der Waals surface area (Å²) in [7, 11) is 0. The molecule has 3 rings (SSSR count). The van der Waals surface area contributed by atoms with E-state index in [1.165, 1.54) is 6.07 Å². The number of aromatic amines is 1. The van der Waals surface area contributed by atoms with Crippen molar-refractivity contribution in [3.05, 3.63) is 44.5 Å². The van der Waals surface area contributed by atoms with Gasteiger partial charge in [-0.05, 0) is 11.4 Å². The van der Waals surface area contributed by atoms with Crippen molar-refractivity contribution >= 4 is 34.9 Å². The van der Waals surface area contributed by atoms with E-state index in [4.69, 9.17) is 4.74 Å². The van der Waals surface area contributed by atoms with Gasteiger partial charge in [-0.25, -0.2) is 4.98 Å². The van der Waals surface area contributed by atoms with Crippen molar-refractivity contribution in [1.29, 1.82) is 0 Å². The Balaban J connectivity index is 1.52. The van der Waals surface area contributed by atoms with Gasteiger partial charge >= 0.3 is 0 Å². The van der Waals surface area contributed by atoms with Gasteiger partial charge in [-0.15, -0.1) is 11.3 Å². The standard InChI is InChI=1S/C17H20N4O4S2/c22-14(18-10-13-2-1-7-26-13)8-12-9-15(23)20-17(19-12)27-11-16(24)21-3-5-25-6-4-21/h1-2,7,9H,3-6,8,10-11H2,(H,18,22)(H,19,20,23). The van der Waals surface area contributed by atoms with Crippen LogP contribution in [0.2, 0.25) is 0 Å². The SMILES string of the molecule is O=C(Cc1cc(=O)[nH]c(SCC(=O)N2CCOCC2)n1)NCc1cccs1. The van der Waals surface area contributed by atoms with Crippen LogP contribution in [0.15, 0.2) is 33.5 Å². The number of ether oxygens (including phenoxy) is 1. The van der Waals surface area contributed by atoms with E-state index < -0.39 is 0 Å². The summed E-state index contributed by atoms with van der Waals surface area (Å²) in [5.41, 5.74) is 0.0381. The molecule has 0 radical (unpaired) electrons. The molecule has 0 atom stereocenters. The number of thioether (sulfide) groups is 1. The first-order valence-corrected chi connectivity index (χ1v) is 10.3. The number of carbonyl (C=O) groups excluding carboxylic acids is 2. The Bertz CT molecular complexity index is 832. The fourth-order valence-electron chi connectivity index (χ4n) is 2.50. The highest BCUT2D eigenvalue weighted by Crippen LogP contribution is 2.13. The monoisotopic (exact) mass is 408 g/mol. The van der Waals surface area contributed by atoms with Gasteiger partial charge in [-0.3, -0.25) is 14.4 Å². The lowest BCUT2D eigenvalue weighted by molar-refractivity contribution is -0.132. The van der Waals surface area contributed by atoms with E-state index in [9.17, 15) is 14.4 Å². The minimum atomic E-state index is -0.340. The molecule has 1 saturated heterocycles. The van der Waals surface area contributed by atoms with E-state index in [1.54, 1.807) is 16.2 Å². The Labute approximate surface area is 164 Å². The Morgan fingerprint density at radius 3 is 2.93 bits per heavy atom. The lowest BCUT2D eigenvalue weighted by Crippen LogP contribution is -2.41. The molecule has 1 fully saturated rings. The highest BCUT2D eigenvalue weighted by atomic mass is 32.2. The van der Waals surface area contributed by atoms with Crippen molar-refractivity contribution in [3.63, 3.8) is 0 Å². The van der Waals surface area contributed by atoms with Gasteiger partial charge in [-0.1, -0.05) is 17.8 Å². The summed E-state index contributed by atoms with van der Waals surface area (Å²) in [6.45, 7) is 2.69. The molecule has 2 amide bonds. The number of amides is 2. The number of hydrogen-bond donors (Lipinski definition) is 2. The number of H-pyrrole nitrogens is 1. The van der Waals surface area contributed by atoms with Crippen LogP contribution in [0.5, 0.6) is 0 Å². The third-order valence-corrected chi connectivity index (χ3v) is 5.59. The molecule has 0 saturated carbocycles. The van der Waals surface area contributed by atoms with Crippen LogP contribution < -0.4 is 10.9 Å². The van der Waals surface area contributed by atoms with Gasteiger partial charge in [0.2, 0.25) is 11.8 Å². The van der Waals surface area contributed by atoms with Crippen molar-refractivity contribution in [3.8, 4) is 0 Å².